The van der Waals surface area contributed by atoms with E-state index in [1.165, 1.54) is 0 Å². The van der Waals surface area contributed by atoms with Crippen LogP contribution in [0.15, 0.2) is 22.8 Å². The summed E-state index contributed by atoms with van der Waals surface area (Å²) in [5.41, 5.74) is 0. The monoisotopic (exact) mass is 166 g/mol. The van der Waals surface area contributed by atoms with Crippen molar-refractivity contribution in [2.75, 3.05) is 0 Å². The SMILES string of the molecule is CC(C)C(C=O)Cc1ccco1. The molecule has 12 heavy (non-hydrogen) atoms. The van der Waals surface area contributed by atoms with Crippen molar-refractivity contribution in [2.45, 2.75) is 20.3 Å². The quantitative estimate of drug-likeness (QED) is 0.642. The van der Waals surface area contributed by atoms with Gasteiger partial charge in [0.05, 0.1) is 6.26 Å². The van der Waals surface area contributed by atoms with E-state index in [1.807, 2.05) is 26.0 Å². The molecule has 0 saturated carbocycles. The van der Waals surface area contributed by atoms with Crippen molar-refractivity contribution in [2.24, 2.45) is 11.8 Å². The summed E-state index contributed by atoms with van der Waals surface area (Å²) < 4.78 is 5.16. The molecule has 0 radical (unpaired) electrons. The van der Waals surface area contributed by atoms with E-state index in [0.29, 0.717) is 12.3 Å². The highest BCUT2D eigenvalue weighted by Crippen LogP contribution is 2.15. The Labute approximate surface area is 72.6 Å². The Morgan fingerprint density at radius 2 is 2.33 bits per heavy atom. The molecular weight excluding hydrogens is 152 g/mol. The maximum Gasteiger partial charge on any atom is 0.123 e. The van der Waals surface area contributed by atoms with E-state index in [9.17, 15) is 4.79 Å². The highest BCUT2D eigenvalue weighted by Gasteiger charge is 2.13. The number of furan rings is 1. The highest BCUT2D eigenvalue weighted by molar-refractivity contribution is 5.54. The number of aldehydes is 1. The molecule has 66 valence electrons. The first kappa shape index (κ1) is 9.04. The van der Waals surface area contributed by atoms with Gasteiger partial charge in [0, 0.05) is 12.3 Å². The summed E-state index contributed by atoms with van der Waals surface area (Å²) in [5.74, 6) is 1.35. The zero-order chi connectivity index (χ0) is 8.97. The van der Waals surface area contributed by atoms with Crippen LogP contribution in [0.2, 0.25) is 0 Å². The molecule has 0 aliphatic heterocycles. The van der Waals surface area contributed by atoms with Crippen LogP contribution in [0.4, 0.5) is 0 Å². The second-order valence-corrected chi connectivity index (χ2v) is 3.33. The zero-order valence-electron chi connectivity index (χ0n) is 7.49. The topological polar surface area (TPSA) is 30.2 Å². The smallest absolute Gasteiger partial charge is 0.123 e. The average Bonchev–Trinajstić information content (AvgIpc) is 2.51. The lowest BCUT2D eigenvalue weighted by atomic mass is 9.93. The van der Waals surface area contributed by atoms with Gasteiger partial charge in [-0.15, -0.1) is 0 Å². The molecule has 1 heterocycles. The summed E-state index contributed by atoms with van der Waals surface area (Å²) in [6.45, 7) is 4.09. The third kappa shape index (κ3) is 2.22. The van der Waals surface area contributed by atoms with Gasteiger partial charge in [0.15, 0.2) is 0 Å². The number of hydrogen-bond donors (Lipinski definition) is 0. The third-order valence-corrected chi connectivity index (χ3v) is 2.05. The van der Waals surface area contributed by atoms with Crippen molar-refractivity contribution >= 4 is 6.29 Å². The molecule has 0 bridgehead atoms. The minimum atomic E-state index is 0.0798. The van der Waals surface area contributed by atoms with Crippen molar-refractivity contribution in [1.82, 2.24) is 0 Å². The van der Waals surface area contributed by atoms with Crippen LogP contribution in [0.5, 0.6) is 0 Å². The van der Waals surface area contributed by atoms with Crippen molar-refractivity contribution in [3.8, 4) is 0 Å². The van der Waals surface area contributed by atoms with Crippen LogP contribution < -0.4 is 0 Å². The Morgan fingerprint density at radius 1 is 1.58 bits per heavy atom. The number of hydrogen-bond acceptors (Lipinski definition) is 2. The van der Waals surface area contributed by atoms with Gasteiger partial charge in [-0.1, -0.05) is 13.8 Å². The molecule has 2 nitrogen and oxygen atoms in total. The first-order valence-electron chi connectivity index (χ1n) is 4.21. The van der Waals surface area contributed by atoms with E-state index in [-0.39, 0.29) is 5.92 Å². The van der Waals surface area contributed by atoms with Gasteiger partial charge in [0.25, 0.3) is 0 Å². The van der Waals surface area contributed by atoms with Crippen LogP contribution in [0.1, 0.15) is 19.6 Å². The molecule has 1 aromatic rings. The largest absolute Gasteiger partial charge is 0.469 e. The Morgan fingerprint density at radius 3 is 2.75 bits per heavy atom. The van der Waals surface area contributed by atoms with Crippen LogP contribution in [-0.4, -0.2) is 6.29 Å². The summed E-state index contributed by atoms with van der Waals surface area (Å²) in [4.78, 5) is 10.6. The van der Waals surface area contributed by atoms with Crippen molar-refractivity contribution < 1.29 is 9.21 Å². The summed E-state index contributed by atoms with van der Waals surface area (Å²) in [5, 5.41) is 0. The van der Waals surface area contributed by atoms with Gasteiger partial charge < -0.3 is 9.21 Å². The molecule has 0 fully saturated rings. The van der Waals surface area contributed by atoms with Gasteiger partial charge in [-0.2, -0.15) is 0 Å². The summed E-state index contributed by atoms with van der Waals surface area (Å²) in [7, 11) is 0. The van der Waals surface area contributed by atoms with Gasteiger partial charge in [-0.25, -0.2) is 0 Å². The van der Waals surface area contributed by atoms with Crippen molar-refractivity contribution in [3.05, 3.63) is 24.2 Å². The molecule has 0 amide bonds. The van der Waals surface area contributed by atoms with Gasteiger partial charge in [0.1, 0.15) is 12.0 Å². The fourth-order valence-corrected chi connectivity index (χ4v) is 1.10. The third-order valence-electron chi connectivity index (χ3n) is 2.05. The Kier molecular flexibility index (Phi) is 3.09. The standard InChI is InChI=1S/C10H14O2/c1-8(2)9(7-11)6-10-4-3-5-12-10/h3-5,7-9H,6H2,1-2H3. The molecular formula is C10H14O2. The van der Waals surface area contributed by atoms with E-state index in [4.69, 9.17) is 4.42 Å². The molecule has 1 atom stereocenters. The second-order valence-electron chi connectivity index (χ2n) is 3.33. The van der Waals surface area contributed by atoms with Crippen LogP contribution in [0.25, 0.3) is 0 Å². The van der Waals surface area contributed by atoms with Gasteiger partial charge in [-0.3, -0.25) is 0 Å². The van der Waals surface area contributed by atoms with Crippen LogP contribution in [0.3, 0.4) is 0 Å². The van der Waals surface area contributed by atoms with E-state index in [2.05, 4.69) is 0 Å². The lowest BCUT2D eigenvalue weighted by molar-refractivity contribution is -0.112. The van der Waals surface area contributed by atoms with Crippen molar-refractivity contribution in [3.63, 3.8) is 0 Å². The normalized spacial score (nSPS) is 13.2. The highest BCUT2D eigenvalue weighted by atomic mass is 16.3. The molecule has 0 saturated heterocycles. The Hall–Kier alpha value is -1.05. The lowest BCUT2D eigenvalue weighted by Gasteiger charge is -2.11. The molecule has 0 N–H and O–H groups in total. The fraction of sp³-hybridized carbons (Fsp3) is 0.500. The first-order valence-corrected chi connectivity index (χ1v) is 4.21. The number of rotatable bonds is 4. The van der Waals surface area contributed by atoms with Gasteiger partial charge >= 0.3 is 0 Å². The van der Waals surface area contributed by atoms with Crippen LogP contribution in [0, 0.1) is 11.8 Å². The van der Waals surface area contributed by atoms with E-state index >= 15 is 0 Å². The Balaban J connectivity index is 2.54. The molecule has 1 unspecified atom stereocenters. The van der Waals surface area contributed by atoms with Gasteiger partial charge in [-0.05, 0) is 18.1 Å². The van der Waals surface area contributed by atoms with Gasteiger partial charge in [0.2, 0.25) is 0 Å². The summed E-state index contributed by atoms with van der Waals surface area (Å²) in [6.07, 6.45) is 3.36. The molecule has 0 spiro atoms. The minimum Gasteiger partial charge on any atom is -0.469 e. The number of carbonyl (C=O) groups is 1. The molecule has 2 heteroatoms. The van der Waals surface area contributed by atoms with Crippen molar-refractivity contribution in [1.29, 1.82) is 0 Å². The lowest BCUT2D eigenvalue weighted by Crippen LogP contribution is -2.12. The average molecular weight is 166 g/mol. The summed E-state index contributed by atoms with van der Waals surface area (Å²) in [6, 6.07) is 3.75. The zero-order valence-corrected chi connectivity index (χ0v) is 7.49. The molecule has 0 aliphatic rings. The maximum atomic E-state index is 10.6. The van der Waals surface area contributed by atoms with E-state index in [1.54, 1.807) is 6.26 Å². The first-order chi connectivity index (χ1) is 5.74. The van der Waals surface area contributed by atoms with E-state index < -0.39 is 0 Å². The fourth-order valence-electron chi connectivity index (χ4n) is 1.10. The Bertz CT molecular complexity index is 224. The van der Waals surface area contributed by atoms with Crippen LogP contribution in [-0.2, 0) is 11.2 Å². The predicted octanol–water partition coefficient (Wildman–Crippen LogP) is 2.29. The molecule has 1 rings (SSSR count). The second kappa shape index (κ2) is 4.10. The molecule has 1 aromatic heterocycles. The maximum absolute atomic E-state index is 10.6. The molecule has 0 aromatic carbocycles. The summed E-state index contributed by atoms with van der Waals surface area (Å²) >= 11 is 0. The molecule has 0 aliphatic carbocycles. The number of carbonyl (C=O) groups excluding carboxylic acids is 1. The minimum absolute atomic E-state index is 0.0798. The van der Waals surface area contributed by atoms with E-state index in [0.717, 1.165) is 12.0 Å². The predicted molar refractivity (Wildman–Crippen MR) is 46.8 cm³/mol. The van der Waals surface area contributed by atoms with Crippen LogP contribution >= 0.6 is 0 Å².